The van der Waals surface area contributed by atoms with Gasteiger partial charge in [0, 0.05) is 13.7 Å². The predicted molar refractivity (Wildman–Crippen MR) is 36.3 cm³/mol. The lowest BCUT2D eigenvalue weighted by Gasteiger charge is -2.09. The first kappa shape index (κ1) is 8.88. The molecule has 0 aliphatic rings. The van der Waals surface area contributed by atoms with Gasteiger partial charge in [-0.2, -0.15) is 0 Å². The number of ether oxygens (including phenoxy) is 2. The van der Waals surface area contributed by atoms with E-state index in [2.05, 4.69) is 0 Å². The first-order chi connectivity index (χ1) is 4.31. The molecule has 0 aromatic carbocycles. The molecule has 3 heteroatoms. The standard InChI is InChI=1S/C6H15NO2/c1-6(5-8-2)9-4-3-7/h6H,3-5,7H2,1-2H3. The Labute approximate surface area is 56.1 Å². The van der Waals surface area contributed by atoms with E-state index in [1.807, 2.05) is 6.92 Å². The van der Waals surface area contributed by atoms with Gasteiger partial charge >= 0.3 is 0 Å². The average molecular weight is 133 g/mol. The van der Waals surface area contributed by atoms with Gasteiger partial charge in [-0.05, 0) is 6.92 Å². The van der Waals surface area contributed by atoms with Crippen LogP contribution >= 0.6 is 0 Å². The molecular weight excluding hydrogens is 118 g/mol. The Morgan fingerprint density at radius 3 is 2.67 bits per heavy atom. The van der Waals surface area contributed by atoms with Crippen LogP contribution in [0.1, 0.15) is 6.92 Å². The van der Waals surface area contributed by atoms with Crippen molar-refractivity contribution in [1.82, 2.24) is 0 Å². The van der Waals surface area contributed by atoms with E-state index in [9.17, 15) is 0 Å². The molecule has 0 amide bonds. The minimum absolute atomic E-state index is 0.165. The van der Waals surface area contributed by atoms with E-state index in [1.54, 1.807) is 7.11 Å². The van der Waals surface area contributed by atoms with Gasteiger partial charge in [0.25, 0.3) is 0 Å². The lowest BCUT2D eigenvalue weighted by molar-refractivity contribution is 0.0129. The molecule has 0 saturated heterocycles. The maximum absolute atomic E-state index is 5.21. The van der Waals surface area contributed by atoms with Crippen LogP contribution in [0.15, 0.2) is 0 Å². The van der Waals surface area contributed by atoms with Gasteiger partial charge in [0.15, 0.2) is 0 Å². The van der Waals surface area contributed by atoms with Crippen molar-refractivity contribution >= 4 is 0 Å². The first-order valence-corrected chi connectivity index (χ1v) is 3.12. The number of methoxy groups -OCH3 is 1. The zero-order valence-electron chi connectivity index (χ0n) is 6.09. The van der Waals surface area contributed by atoms with Gasteiger partial charge < -0.3 is 15.2 Å². The zero-order chi connectivity index (χ0) is 7.11. The molecule has 1 atom stereocenters. The Kier molecular flexibility index (Phi) is 5.93. The summed E-state index contributed by atoms with van der Waals surface area (Å²) < 4.78 is 10.0. The minimum Gasteiger partial charge on any atom is -0.382 e. The van der Waals surface area contributed by atoms with Crippen molar-refractivity contribution < 1.29 is 9.47 Å². The summed E-state index contributed by atoms with van der Waals surface area (Å²) in [5.41, 5.74) is 5.21. The van der Waals surface area contributed by atoms with Gasteiger partial charge in [-0.1, -0.05) is 0 Å². The highest BCUT2D eigenvalue weighted by atomic mass is 16.5. The maximum atomic E-state index is 5.21. The number of rotatable bonds is 5. The van der Waals surface area contributed by atoms with Crippen molar-refractivity contribution in [2.45, 2.75) is 13.0 Å². The molecule has 0 saturated carbocycles. The van der Waals surface area contributed by atoms with E-state index < -0.39 is 0 Å². The zero-order valence-corrected chi connectivity index (χ0v) is 6.09. The van der Waals surface area contributed by atoms with E-state index in [4.69, 9.17) is 15.2 Å². The lowest BCUT2D eigenvalue weighted by atomic mass is 10.4. The summed E-state index contributed by atoms with van der Waals surface area (Å²) in [5.74, 6) is 0. The Hall–Kier alpha value is -0.120. The van der Waals surface area contributed by atoms with E-state index in [0.717, 1.165) is 0 Å². The van der Waals surface area contributed by atoms with Crippen LogP contribution in [-0.2, 0) is 9.47 Å². The highest BCUT2D eigenvalue weighted by Crippen LogP contribution is 1.88. The predicted octanol–water partition coefficient (Wildman–Crippen LogP) is -0.00340. The van der Waals surface area contributed by atoms with Crippen LogP contribution in [0.25, 0.3) is 0 Å². The fourth-order valence-electron chi connectivity index (χ4n) is 0.552. The SMILES string of the molecule is COCC(C)OCCN. The van der Waals surface area contributed by atoms with Crippen molar-refractivity contribution in [3.8, 4) is 0 Å². The Morgan fingerprint density at radius 1 is 1.56 bits per heavy atom. The Balaban J connectivity index is 2.95. The molecule has 9 heavy (non-hydrogen) atoms. The minimum atomic E-state index is 0.165. The highest BCUT2D eigenvalue weighted by molar-refractivity contribution is 4.45. The normalized spacial score (nSPS) is 13.7. The monoisotopic (exact) mass is 133 g/mol. The van der Waals surface area contributed by atoms with Crippen LogP contribution in [0.4, 0.5) is 0 Å². The molecule has 0 spiro atoms. The molecule has 3 nitrogen and oxygen atoms in total. The molecule has 0 aromatic rings. The highest BCUT2D eigenvalue weighted by Gasteiger charge is 1.97. The van der Waals surface area contributed by atoms with Crippen LogP contribution in [0, 0.1) is 0 Å². The van der Waals surface area contributed by atoms with E-state index in [-0.39, 0.29) is 6.10 Å². The Morgan fingerprint density at radius 2 is 2.22 bits per heavy atom. The molecule has 0 aromatic heterocycles. The smallest absolute Gasteiger partial charge is 0.0780 e. The van der Waals surface area contributed by atoms with Crippen molar-refractivity contribution in [2.75, 3.05) is 26.9 Å². The van der Waals surface area contributed by atoms with Gasteiger partial charge in [-0.3, -0.25) is 0 Å². The van der Waals surface area contributed by atoms with Crippen molar-refractivity contribution in [3.63, 3.8) is 0 Å². The molecule has 56 valence electrons. The molecule has 0 aliphatic heterocycles. The summed E-state index contributed by atoms with van der Waals surface area (Å²) in [5, 5.41) is 0. The molecule has 2 N–H and O–H groups in total. The van der Waals surface area contributed by atoms with Gasteiger partial charge in [0.1, 0.15) is 0 Å². The summed E-state index contributed by atoms with van der Waals surface area (Å²) in [4.78, 5) is 0. The molecule has 0 fully saturated rings. The summed E-state index contributed by atoms with van der Waals surface area (Å²) >= 11 is 0. The van der Waals surface area contributed by atoms with Crippen molar-refractivity contribution in [1.29, 1.82) is 0 Å². The van der Waals surface area contributed by atoms with E-state index in [0.29, 0.717) is 19.8 Å². The lowest BCUT2D eigenvalue weighted by Crippen LogP contribution is -2.19. The topological polar surface area (TPSA) is 44.5 Å². The molecule has 0 radical (unpaired) electrons. The summed E-state index contributed by atoms with van der Waals surface area (Å²) in [6.07, 6.45) is 0.165. The molecule has 0 aliphatic carbocycles. The second kappa shape index (κ2) is 6.01. The summed E-state index contributed by atoms with van der Waals surface area (Å²) in [7, 11) is 1.66. The maximum Gasteiger partial charge on any atom is 0.0780 e. The summed E-state index contributed by atoms with van der Waals surface area (Å²) in [6.45, 7) is 3.79. The van der Waals surface area contributed by atoms with Crippen LogP contribution < -0.4 is 5.73 Å². The second-order valence-corrected chi connectivity index (χ2v) is 1.93. The van der Waals surface area contributed by atoms with Crippen molar-refractivity contribution in [3.05, 3.63) is 0 Å². The van der Waals surface area contributed by atoms with Gasteiger partial charge in [0.2, 0.25) is 0 Å². The molecule has 0 rings (SSSR count). The van der Waals surface area contributed by atoms with Crippen LogP contribution in [0.2, 0.25) is 0 Å². The van der Waals surface area contributed by atoms with Crippen molar-refractivity contribution in [2.24, 2.45) is 5.73 Å². The van der Waals surface area contributed by atoms with Gasteiger partial charge in [-0.15, -0.1) is 0 Å². The van der Waals surface area contributed by atoms with E-state index in [1.165, 1.54) is 0 Å². The largest absolute Gasteiger partial charge is 0.382 e. The third kappa shape index (κ3) is 5.76. The van der Waals surface area contributed by atoms with Crippen LogP contribution in [0.5, 0.6) is 0 Å². The van der Waals surface area contributed by atoms with Crippen LogP contribution in [0.3, 0.4) is 0 Å². The number of nitrogens with two attached hydrogens (primary N) is 1. The first-order valence-electron chi connectivity index (χ1n) is 3.12. The Bertz CT molecular complexity index is 59.0. The van der Waals surface area contributed by atoms with Gasteiger partial charge in [0.05, 0.1) is 19.3 Å². The third-order valence-corrected chi connectivity index (χ3v) is 0.922. The number of hydrogen-bond acceptors (Lipinski definition) is 3. The van der Waals surface area contributed by atoms with Gasteiger partial charge in [-0.25, -0.2) is 0 Å². The third-order valence-electron chi connectivity index (χ3n) is 0.922. The molecule has 0 bridgehead atoms. The average Bonchev–Trinajstić information content (AvgIpc) is 1.85. The molecule has 0 heterocycles. The van der Waals surface area contributed by atoms with Crippen LogP contribution in [-0.4, -0.2) is 33.0 Å². The van der Waals surface area contributed by atoms with E-state index >= 15 is 0 Å². The fourth-order valence-corrected chi connectivity index (χ4v) is 0.552. The number of hydrogen-bond donors (Lipinski definition) is 1. The molecule has 1 unspecified atom stereocenters. The quantitative estimate of drug-likeness (QED) is 0.574. The second-order valence-electron chi connectivity index (χ2n) is 1.93. The fraction of sp³-hybridized carbons (Fsp3) is 1.00. The summed E-state index contributed by atoms with van der Waals surface area (Å²) in [6, 6.07) is 0. The molecular formula is C6H15NO2.